The maximum absolute atomic E-state index is 12.9. The summed E-state index contributed by atoms with van der Waals surface area (Å²) >= 11 is 0. The molecule has 1 atom stereocenters. The molecule has 3 rings (SSSR count). The molecule has 160 valence electrons. The minimum absolute atomic E-state index is 0.0914. The molecule has 2 heterocycles. The van der Waals surface area contributed by atoms with Crippen molar-refractivity contribution in [3.63, 3.8) is 0 Å². The van der Waals surface area contributed by atoms with Crippen LogP contribution < -0.4 is 0 Å². The van der Waals surface area contributed by atoms with Gasteiger partial charge in [-0.25, -0.2) is 8.42 Å². The number of carbonyl (C=O) groups excluding carboxylic acids is 2. The van der Waals surface area contributed by atoms with Crippen LogP contribution in [0, 0.1) is 0 Å². The van der Waals surface area contributed by atoms with Gasteiger partial charge < -0.3 is 4.90 Å². The average molecular weight is 422 g/mol. The Kier molecular flexibility index (Phi) is 7.08. The molecule has 0 radical (unpaired) electrons. The predicted molar refractivity (Wildman–Crippen MR) is 111 cm³/mol. The minimum Gasteiger partial charge on any atom is -0.339 e. The summed E-state index contributed by atoms with van der Waals surface area (Å²) in [6.07, 6.45) is 4.32. The third-order valence-corrected chi connectivity index (χ3v) is 7.92. The minimum atomic E-state index is -3.59. The van der Waals surface area contributed by atoms with Gasteiger partial charge >= 0.3 is 0 Å². The fraction of sp³-hybridized carbons (Fsp3) is 0.619. The molecule has 2 aliphatic rings. The Hall–Kier alpha value is -1.77. The van der Waals surface area contributed by atoms with Crippen molar-refractivity contribution in [3.05, 3.63) is 29.8 Å². The van der Waals surface area contributed by atoms with Crippen molar-refractivity contribution in [2.45, 2.75) is 50.5 Å². The van der Waals surface area contributed by atoms with Gasteiger partial charge in [0.05, 0.1) is 11.4 Å². The summed E-state index contributed by atoms with van der Waals surface area (Å²) in [7, 11) is -3.59. The van der Waals surface area contributed by atoms with E-state index in [0.717, 1.165) is 25.8 Å². The Morgan fingerprint density at radius 3 is 2.24 bits per heavy atom. The Balaban J connectivity index is 1.56. The van der Waals surface area contributed by atoms with Crippen LogP contribution in [0.1, 0.15) is 49.9 Å². The summed E-state index contributed by atoms with van der Waals surface area (Å²) in [5, 5.41) is 0. The summed E-state index contributed by atoms with van der Waals surface area (Å²) in [6, 6.07) is 6.42. The van der Waals surface area contributed by atoms with Gasteiger partial charge in [-0.3, -0.25) is 14.5 Å². The molecule has 1 amide bonds. The standard InChI is InChI=1S/C21H31N3O4S/c1-3-19-6-4-5-11-24(19)21(26)16-22-12-14-23(15-13-22)29(27,28)20-9-7-18(8-10-20)17(2)25/h7-10,19H,3-6,11-16H2,1-2H3/t19-/m0/s1. The molecule has 2 fully saturated rings. The molecule has 0 bridgehead atoms. The van der Waals surface area contributed by atoms with Gasteiger partial charge in [0, 0.05) is 44.3 Å². The number of ketones is 1. The number of carbonyl (C=O) groups is 2. The molecule has 1 aromatic carbocycles. The Morgan fingerprint density at radius 2 is 1.66 bits per heavy atom. The van der Waals surface area contributed by atoms with E-state index in [4.69, 9.17) is 0 Å². The SMILES string of the molecule is CC[C@H]1CCCCN1C(=O)CN1CCN(S(=O)(=O)c2ccc(C(C)=O)cc2)CC1. The molecule has 0 N–H and O–H groups in total. The fourth-order valence-electron chi connectivity index (χ4n) is 4.17. The van der Waals surface area contributed by atoms with E-state index in [0.29, 0.717) is 44.3 Å². The zero-order chi connectivity index (χ0) is 21.0. The van der Waals surface area contributed by atoms with Crippen LogP contribution in [-0.2, 0) is 14.8 Å². The third kappa shape index (κ3) is 5.05. The number of likely N-dealkylation sites (tertiary alicyclic amines) is 1. The number of benzene rings is 1. The maximum Gasteiger partial charge on any atom is 0.243 e. The van der Waals surface area contributed by atoms with E-state index in [1.54, 1.807) is 12.1 Å². The summed E-state index contributed by atoms with van der Waals surface area (Å²) in [5.74, 6) is 0.0684. The molecule has 29 heavy (non-hydrogen) atoms. The van der Waals surface area contributed by atoms with Gasteiger partial charge in [0.1, 0.15) is 0 Å². The third-order valence-electron chi connectivity index (χ3n) is 6.01. The van der Waals surface area contributed by atoms with Gasteiger partial charge in [-0.05, 0) is 44.7 Å². The second-order valence-electron chi connectivity index (χ2n) is 7.91. The zero-order valence-electron chi connectivity index (χ0n) is 17.3. The highest BCUT2D eigenvalue weighted by Crippen LogP contribution is 2.21. The van der Waals surface area contributed by atoms with Gasteiger partial charge in [0.2, 0.25) is 15.9 Å². The molecule has 0 saturated carbocycles. The lowest BCUT2D eigenvalue weighted by Crippen LogP contribution is -2.53. The number of nitrogens with zero attached hydrogens (tertiary/aromatic N) is 3. The molecule has 8 heteroatoms. The lowest BCUT2D eigenvalue weighted by Gasteiger charge is -2.38. The van der Waals surface area contributed by atoms with E-state index in [-0.39, 0.29) is 16.6 Å². The van der Waals surface area contributed by atoms with E-state index >= 15 is 0 Å². The van der Waals surface area contributed by atoms with E-state index < -0.39 is 10.0 Å². The second kappa shape index (κ2) is 9.36. The molecule has 0 aromatic heterocycles. The van der Waals surface area contributed by atoms with Crippen LogP contribution in [0.5, 0.6) is 0 Å². The highest BCUT2D eigenvalue weighted by atomic mass is 32.2. The Bertz CT molecular complexity index is 830. The van der Waals surface area contributed by atoms with Crippen molar-refractivity contribution in [1.29, 1.82) is 0 Å². The summed E-state index contributed by atoms with van der Waals surface area (Å²) in [6.45, 7) is 6.59. The van der Waals surface area contributed by atoms with Crippen molar-refractivity contribution in [2.75, 3.05) is 39.3 Å². The molecule has 0 aliphatic carbocycles. The molecule has 2 saturated heterocycles. The lowest BCUT2D eigenvalue weighted by atomic mass is 10.00. The number of sulfonamides is 1. The molecular weight excluding hydrogens is 390 g/mol. The largest absolute Gasteiger partial charge is 0.339 e. The van der Waals surface area contributed by atoms with Crippen molar-refractivity contribution in [3.8, 4) is 0 Å². The average Bonchev–Trinajstić information content (AvgIpc) is 2.74. The number of Topliss-reactive ketones (excluding diaryl/α,β-unsaturated/α-hetero) is 1. The van der Waals surface area contributed by atoms with Crippen LogP contribution in [0.2, 0.25) is 0 Å². The van der Waals surface area contributed by atoms with Crippen LogP contribution >= 0.6 is 0 Å². The van der Waals surface area contributed by atoms with Gasteiger partial charge in [-0.1, -0.05) is 19.1 Å². The van der Waals surface area contributed by atoms with Gasteiger partial charge in [-0.15, -0.1) is 0 Å². The van der Waals surface area contributed by atoms with Crippen LogP contribution in [0.4, 0.5) is 0 Å². The first-order valence-corrected chi connectivity index (χ1v) is 11.9. The Morgan fingerprint density at radius 1 is 1.00 bits per heavy atom. The predicted octanol–water partition coefficient (Wildman–Crippen LogP) is 1.99. The van der Waals surface area contributed by atoms with E-state index in [2.05, 4.69) is 11.8 Å². The molecule has 0 spiro atoms. The normalized spacial score (nSPS) is 21.9. The maximum atomic E-state index is 12.9. The first-order valence-electron chi connectivity index (χ1n) is 10.5. The summed E-state index contributed by atoms with van der Waals surface area (Å²) < 4.78 is 27.2. The van der Waals surface area contributed by atoms with Crippen LogP contribution in [-0.4, -0.2) is 79.5 Å². The molecular formula is C21H31N3O4S. The summed E-state index contributed by atoms with van der Waals surface area (Å²) in [5.41, 5.74) is 0.496. The number of hydrogen-bond donors (Lipinski definition) is 0. The fourth-order valence-corrected chi connectivity index (χ4v) is 5.60. The van der Waals surface area contributed by atoms with E-state index in [1.807, 2.05) is 4.90 Å². The quantitative estimate of drug-likeness (QED) is 0.657. The van der Waals surface area contributed by atoms with Crippen molar-refractivity contribution >= 4 is 21.7 Å². The highest BCUT2D eigenvalue weighted by Gasteiger charge is 2.31. The van der Waals surface area contributed by atoms with Gasteiger partial charge in [0.25, 0.3) is 0 Å². The number of hydrogen-bond acceptors (Lipinski definition) is 5. The smallest absolute Gasteiger partial charge is 0.243 e. The lowest BCUT2D eigenvalue weighted by molar-refractivity contribution is -0.136. The first kappa shape index (κ1) is 21.9. The molecule has 7 nitrogen and oxygen atoms in total. The number of piperidine rings is 1. The molecule has 0 unspecified atom stereocenters. The summed E-state index contributed by atoms with van der Waals surface area (Å²) in [4.78, 5) is 28.4. The highest BCUT2D eigenvalue weighted by molar-refractivity contribution is 7.89. The van der Waals surface area contributed by atoms with Crippen molar-refractivity contribution in [2.24, 2.45) is 0 Å². The number of amides is 1. The van der Waals surface area contributed by atoms with Crippen molar-refractivity contribution < 1.29 is 18.0 Å². The van der Waals surface area contributed by atoms with Gasteiger partial charge in [-0.2, -0.15) is 4.31 Å². The number of piperazine rings is 1. The topological polar surface area (TPSA) is 78.0 Å². The second-order valence-corrected chi connectivity index (χ2v) is 9.84. The van der Waals surface area contributed by atoms with E-state index in [9.17, 15) is 18.0 Å². The van der Waals surface area contributed by atoms with Crippen LogP contribution in [0.15, 0.2) is 29.2 Å². The number of rotatable bonds is 6. The zero-order valence-corrected chi connectivity index (χ0v) is 18.2. The first-order chi connectivity index (χ1) is 13.8. The van der Waals surface area contributed by atoms with E-state index in [1.165, 1.54) is 29.8 Å². The van der Waals surface area contributed by atoms with Crippen LogP contribution in [0.3, 0.4) is 0 Å². The molecule has 2 aliphatic heterocycles. The van der Waals surface area contributed by atoms with Gasteiger partial charge in [0.15, 0.2) is 5.78 Å². The van der Waals surface area contributed by atoms with Crippen molar-refractivity contribution in [1.82, 2.24) is 14.1 Å². The van der Waals surface area contributed by atoms with Crippen LogP contribution in [0.25, 0.3) is 0 Å². The molecule has 1 aromatic rings. The Labute approximate surface area is 173 Å². The monoisotopic (exact) mass is 421 g/mol.